The fourth-order valence-electron chi connectivity index (χ4n) is 3.40. The predicted octanol–water partition coefficient (Wildman–Crippen LogP) is 4.38. The summed E-state index contributed by atoms with van der Waals surface area (Å²) in [6.07, 6.45) is -0.316. The van der Waals surface area contributed by atoms with E-state index in [-0.39, 0.29) is 17.6 Å². The monoisotopic (exact) mass is 424 g/mol. The van der Waals surface area contributed by atoms with Crippen molar-refractivity contribution in [1.29, 1.82) is 0 Å². The summed E-state index contributed by atoms with van der Waals surface area (Å²) in [5, 5.41) is 4.85. The average molecular weight is 424 g/mol. The van der Waals surface area contributed by atoms with Gasteiger partial charge >= 0.3 is 0 Å². The number of carbonyl (C=O) groups excluding carboxylic acids is 2. The highest BCUT2D eigenvalue weighted by Gasteiger charge is 2.28. The Balaban J connectivity index is 1.52. The van der Waals surface area contributed by atoms with Gasteiger partial charge in [-0.3, -0.25) is 9.59 Å². The van der Waals surface area contributed by atoms with E-state index in [1.807, 2.05) is 23.6 Å². The molecule has 2 amide bonds. The van der Waals surface area contributed by atoms with Gasteiger partial charge in [-0.05, 0) is 54.3 Å². The van der Waals surface area contributed by atoms with Gasteiger partial charge < -0.3 is 15.0 Å². The number of ether oxygens (including phenoxy) is 1. The predicted molar refractivity (Wildman–Crippen MR) is 114 cm³/mol. The summed E-state index contributed by atoms with van der Waals surface area (Å²) >= 11 is 1.54. The number of nitrogens with zero attached hydrogens (tertiary/aromatic N) is 1. The minimum absolute atomic E-state index is 0.0976. The van der Waals surface area contributed by atoms with Crippen molar-refractivity contribution < 1.29 is 18.7 Å². The van der Waals surface area contributed by atoms with Crippen LogP contribution in [0.25, 0.3) is 0 Å². The van der Waals surface area contributed by atoms with Crippen LogP contribution in [0.1, 0.15) is 22.9 Å². The highest BCUT2D eigenvalue weighted by molar-refractivity contribution is 7.10. The highest BCUT2D eigenvalue weighted by Crippen LogP contribution is 2.29. The molecule has 0 saturated carbocycles. The Morgan fingerprint density at radius 1 is 1.23 bits per heavy atom. The van der Waals surface area contributed by atoms with Gasteiger partial charge in [-0.15, -0.1) is 11.3 Å². The van der Waals surface area contributed by atoms with Crippen molar-refractivity contribution in [3.8, 4) is 5.75 Å². The fourth-order valence-corrected chi connectivity index (χ4v) is 4.10. The first-order valence-corrected chi connectivity index (χ1v) is 10.5. The van der Waals surface area contributed by atoms with Gasteiger partial charge in [0, 0.05) is 29.2 Å². The summed E-state index contributed by atoms with van der Waals surface area (Å²) in [5.41, 5.74) is 2.30. The van der Waals surface area contributed by atoms with Crippen LogP contribution in [0, 0.1) is 5.82 Å². The third kappa shape index (κ3) is 4.68. The van der Waals surface area contributed by atoms with Crippen LogP contribution in [0.3, 0.4) is 0 Å². The summed E-state index contributed by atoms with van der Waals surface area (Å²) < 4.78 is 19.0. The lowest BCUT2D eigenvalue weighted by molar-refractivity contribution is -0.138. The van der Waals surface area contributed by atoms with Gasteiger partial charge in [0.25, 0.3) is 5.91 Å². The van der Waals surface area contributed by atoms with Crippen LogP contribution >= 0.6 is 11.3 Å². The molecule has 2 heterocycles. The standard InChI is InChI=1S/C23H21FN2O3S/c1-15-23(28)26(13-16-4-6-18(24)7-5-16)14-17-11-19(8-9-21(17)29-15)25-22(27)12-20-3-2-10-30-20/h2-11,15H,12-14H2,1H3,(H,25,27). The molecule has 2 aromatic carbocycles. The summed E-state index contributed by atoms with van der Waals surface area (Å²) in [5.74, 6) is 0.0676. The minimum atomic E-state index is -0.633. The SMILES string of the molecule is CC1Oc2ccc(NC(=O)Cc3cccs3)cc2CN(Cc2ccc(F)cc2)C1=O. The van der Waals surface area contributed by atoms with Crippen molar-refractivity contribution in [2.75, 3.05) is 5.32 Å². The highest BCUT2D eigenvalue weighted by atomic mass is 32.1. The molecule has 1 unspecified atom stereocenters. The van der Waals surface area contributed by atoms with Gasteiger partial charge in [0.15, 0.2) is 6.10 Å². The summed E-state index contributed by atoms with van der Waals surface area (Å²) in [6.45, 7) is 2.40. The van der Waals surface area contributed by atoms with E-state index >= 15 is 0 Å². The van der Waals surface area contributed by atoms with Crippen molar-refractivity contribution in [3.05, 3.63) is 81.8 Å². The Morgan fingerprint density at radius 3 is 2.77 bits per heavy atom. The number of amides is 2. The zero-order valence-corrected chi connectivity index (χ0v) is 17.2. The summed E-state index contributed by atoms with van der Waals surface area (Å²) in [4.78, 5) is 27.8. The summed E-state index contributed by atoms with van der Waals surface area (Å²) in [7, 11) is 0. The first kappa shape index (κ1) is 20.1. The van der Waals surface area contributed by atoms with Crippen LogP contribution in [-0.4, -0.2) is 22.8 Å². The number of nitrogens with one attached hydrogen (secondary N) is 1. The van der Waals surface area contributed by atoms with Gasteiger partial charge in [-0.2, -0.15) is 0 Å². The lowest BCUT2D eigenvalue weighted by atomic mass is 10.1. The lowest BCUT2D eigenvalue weighted by Crippen LogP contribution is -2.37. The van der Waals surface area contributed by atoms with E-state index in [1.54, 1.807) is 47.4 Å². The van der Waals surface area contributed by atoms with E-state index in [0.29, 0.717) is 30.9 Å². The maximum absolute atomic E-state index is 13.2. The van der Waals surface area contributed by atoms with Gasteiger partial charge in [0.1, 0.15) is 11.6 Å². The van der Waals surface area contributed by atoms with E-state index in [2.05, 4.69) is 5.32 Å². The van der Waals surface area contributed by atoms with E-state index in [4.69, 9.17) is 4.74 Å². The number of benzene rings is 2. The number of hydrogen-bond donors (Lipinski definition) is 1. The molecule has 0 spiro atoms. The number of fused-ring (bicyclic) bond motifs is 1. The third-order valence-electron chi connectivity index (χ3n) is 4.87. The zero-order chi connectivity index (χ0) is 21.1. The molecule has 3 aromatic rings. The maximum Gasteiger partial charge on any atom is 0.263 e. The molecule has 1 aliphatic heterocycles. The van der Waals surface area contributed by atoms with Crippen molar-refractivity contribution in [2.24, 2.45) is 0 Å². The average Bonchev–Trinajstić information content (AvgIpc) is 3.19. The molecular formula is C23H21FN2O3S. The molecule has 0 radical (unpaired) electrons. The minimum Gasteiger partial charge on any atom is -0.481 e. The second-order valence-corrected chi connectivity index (χ2v) is 8.24. The molecule has 154 valence electrons. The zero-order valence-electron chi connectivity index (χ0n) is 16.4. The Hall–Kier alpha value is -3.19. The molecule has 7 heteroatoms. The Bertz CT molecular complexity index is 1050. The van der Waals surface area contributed by atoms with Crippen LogP contribution in [-0.2, 0) is 29.1 Å². The third-order valence-corrected chi connectivity index (χ3v) is 5.75. The number of anilines is 1. The Morgan fingerprint density at radius 2 is 2.03 bits per heavy atom. The molecule has 0 fully saturated rings. The van der Waals surface area contributed by atoms with E-state index in [0.717, 1.165) is 16.0 Å². The van der Waals surface area contributed by atoms with Crippen LogP contribution in [0.4, 0.5) is 10.1 Å². The summed E-state index contributed by atoms with van der Waals surface area (Å²) in [6, 6.07) is 15.3. The van der Waals surface area contributed by atoms with E-state index in [9.17, 15) is 14.0 Å². The smallest absolute Gasteiger partial charge is 0.263 e. The molecule has 1 N–H and O–H groups in total. The number of rotatable bonds is 5. The van der Waals surface area contributed by atoms with Crippen LogP contribution in [0.5, 0.6) is 5.75 Å². The Kier molecular flexibility index (Phi) is 5.81. The molecule has 1 aliphatic rings. The van der Waals surface area contributed by atoms with Crippen LogP contribution < -0.4 is 10.1 Å². The molecule has 5 nitrogen and oxygen atoms in total. The topological polar surface area (TPSA) is 58.6 Å². The Labute approximate surface area is 178 Å². The largest absolute Gasteiger partial charge is 0.481 e. The van der Waals surface area contributed by atoms with Crippen LogP contribution in [0.15, 0.2) is 60.0 Å². The van der Waals surface area contributed by atoms with Crippen molar-refractivity contribution >= 4 is 28.8 Å². The molecular weight excluding hydrogens is 403 g/mol. The second-order valence-electron chi connectivity index (χ2n) is 7.21. The van der Waals surface area contributed by atoms with Gasteiger partial charge in [-0.1, -0.05) is 18.2 Å². The number of thiophene rings is 1. The normalized spacial score (nSPS) is 15.9. The maximum atomic E-state index is 13.2. The van der Waals surface area contributed by atoms with E-state index < -0.39 is 6.10 Å². The lowest BCUT2D eigenvalue weighted by Gasteiger charge is -2.22. The van der Waals surface area contributed by atoms with Crippen molar-refractivity contribution in [2.45, 2.75) is 32.5 Å². The fraction of sp³-hybridized carbons (Fsp3) is 0.217. The number of hydrogen-bond acceptors (Lipinski definition) is 4. The van der Waals surface area contributed by atoms with Crippen molar-refractivity contribution in [1.82, 2.24) is 4.90 Å². The molecule has 1 atom stereocenters. The number of carbonyl (C=O) groups is 2. The molecule has 30 heavy (non-hydrogen) atoms. The van der Waals surface area contributed by atoms with Gasteiger partial charge in [0.2, 0.25) is 5.91 Å². The number of halogens is 1. The molecule has 0 saturated heterocycles. The first-order chi connectivity index (χ1) is 14.5. The second kappa shape index (κ2) is 8.67. The van der Waals surface area contributed by atoms with E-state index in [1.165, 1.54) is 12.1 Å². The van der Waals surface area contributed by atoms with Gasteiger partial charge in [0.05, 0.1) is 6.42 Å². The molecule has 4 rings (SSSR count). The first-order valence-electron chi connectivity index (χ1n) is 9.63. The molecule has 1 aromatic heterocycles. The molecule has 0 bridgehead atoms. The van der Waals surface area contributed by atoms with Gasteiger partial charge in [-0.25, -0.2) is 4.39 Å². The van der Waals surface area contributed by atoms with Crippen molar-refractivity contribution in [3.63, 3.8) is 0 Å². The molecule has 0 aliphatic carbocycles. The van der Waals surface area contributed by atoms with Crippen LogP contribution in [0.2, 0.25) is 0 Å². The quantitative estimate of drug-likeness (QED) is 0.661.